The van der Waals surface area contributed by atoms with Gasteiger partial charge in [-0.2, -0.15) is 0 Å². The number of anilines is 2. The third-order valence-electron chi connectivity index (χ3n) is 4.14. The summed E-state index contributed by atoms with van der Waals surface area (Å²) < 4.78 is 10.7. The Morgan fingerprint density at radius 3 is 2.41 bits per heavy atom. The van der Waals surface area contributed by atoms with E-state index in [2.05, 4.69) is 15.3 Å². The Kier molecular flexibility index (Phi) is 4.53. The van der Waals surface area contributed by atoms with E-state index in [1.54, 1.807) is 20.4 Å². The molecule has 0 amide bonds. The van der Waals surface area contributed by atoms with Crippen molar-refractivity contribution >= 4 is 22.4 Å². The van der Waals surface area contributed by atoms with Crippen LogP contribution in [0.15, 0.2) is 66.9 Å². The number of rotatable bonds is 5. The van der Waals surface area contributed by atoms with Crippen molar-refractivity contribution in [2.45, 2.75) is 0 Å². The van der Waals surface area contributed by atoms with E-state index in [1.807, 2.05) is 60.7 Å². The average Bonchev–Trinajstić information content (AvgIpc) is 2.74. The van der Waals surface area contributed by atoms with Crippen LogP contribution in [0, 0.1) is 0 Å². The predicted molar refractivity (Wildman–Crippen MR) is 106 cm³/mol. The van der Waals surface area contributed by atoms with Gasteiger partial charge in [-0.3, -0.25) is 4.98 Å². The lowest BCUT2D eigenvalue weighted by Crippen LogP contribution is -2.00. The fourth-order valence-electron chi connectivity index (χ4n) is 2.83. The summed E-state index contributed by atoms with van der Waals surface area (Å²) in [6, 6.07) is 19.2. The Morgan fingerprint density at radius 2 is 1.63 bits per heavy atom. The van der Waals surface area contributed by atoms with Gasteiger partial charge in [-0.1, -0.05) is 18.2 Å². The molecule has 6 heteroatoms. The van der Waals surface area contributed by atoms with Crippen LogP contribution in [-0.2, 0) is 0 Å². The summed E-state index contributed by atoms with van der Waals surface area (Å²) in [5, 5.41) is 4.29. The second-order valence-electron chi connectivity index (χ2n) is 5.82. The van der Waals surface area contributed by atoms with Gasteiger partial charge in [0.15, 0.2) is 17.3 Å². The standard InChI is InChI=1S/C21H18N4O2/c1-26-18-11-10-14(13-19(18)27-2)23-20-15-7-3-4-8-16(15)24-21(25-20)17-9-5-6-12-22-17/h3-13H,1-2H3,(H,23,24,25). The van der Waals surface area contributed by atoms with Crippen molar-refractivity contribution in [2.24, 2.45) is 0 Å². The van der Waals surface area contributed by atoms with Gasteiger partial charge >= 0.3 is 0 Å². The van der Waals surface area contributed by atoms with E-state index in [0.717, 1.165) is 22.3 Å². The third-order valence-corrected chi connectivity index (χ3v) is 4.14. The summed E-state index contributed by atoms with van der Waals surface area (Å²) >= 11 is 0. The van der Waals surface area contributed by atoms with Crippen molar-refractivity contribution in [3.63, 3.8) is 0 Å². The first kappa shape index (κ1) is 16.8. The lowest BCUT2D eigenvalue weighted by atomic mass is 10.2. The highest BCUT2D eigenvalue weighted by atomic mass is 16.5. The summed E-state index contributed by atoms with van der Waals surface area (Å²) in [5.41, 5.74) is 2.40. The molecule has 134 valence electrons. The minimum absolute atomic E-state index is 0.567. The van der Waals surface area contributed by atoms with Crippen molar-refractivity contribution in [2.75, 3.05) is 19.5 Å². The number of para-hydroxylation sites is 1. The number of aromatic nitrogens is 3. The molecule has 0 fully saturated rings. The van der Waals surface area contributed by atoms with E-state index in [0.29, 0.717) is 23.1 Å². The Balaban J connectivity index is 1.81. The minimum atomic E-state index is 0.567. The predicted octanol–water partition coefficient (Wildman–Crippen LogP) is 4.45. The van der Waals surface area contributed by atoms with Crippen LogP contribution >= 0.6 is 0 Å². The van der Waals surface area contributed by atoms with Gasteiger partial charge in [-0.15, -0.1) is 0 Å². The molecule has 0 saturated carbocycles. The Morgan fingerprint density at radius 1 is 0.815 bits per heavy atom. The Labute approximate surface area is 156 Å². The maximum atomic E-state index is 5.39. The fraction of sp³-hybridized carbons (Fsp3) is 0.0952. The molecule has 0 bridgehead atoms. The van der Waals surface area contributed by atoms with Gasteiger partial charge < -0.3 is 14.8 Å². The highest BCUT2D eigenvalue weighted by Gasteiger charge is 2.11. The number of benzene rings is 2. The SMILES string of the molecule is COc1ccc(Nc2nc(-c3ccccn3)nc3ccccc23)cc1OC. The highest BCUT2D eigenvalue weighted by molar-refractivity contribution is 5.92. The molecule has 0 spiro atoms. The molecule has 0 radical (unpaired) electrons. The number of fused-ring (bicyclic) bond motifs is 1. The van der Waals surface area contributed by atoms with Crippen molar-refractivity contribution in [3.8, 4) is 23.0 Å². The molecule has 4 aromatic rings. The zero-order chi connectivity index (χ0) is 18.6. The summed E-state index contributed by atoms with van der Waals surface area (Å²) in [6.07, 6.45) is 1.73. The van der Waals surface area contributed by atoms with Crippen LogP contribution in [0.1, 0.15) is 0 Å². The number of pyridine rings is 1. The van der Waals surface area contributed by atoms with Crippen molar-refractivity contribution in [1.29, 1.82) is 0 Å². The second-order valence-corrected chi connectivity index (χ2v) is 5.82. The molecular weight excluding hydrogens is 340 g/mol. The van der Waals surface area contributed by atoms with E-state index < -0.39 is 0 Å². The summed E-state index contributed by atoms with van der Waals surface area (Å²) in [6.45, 7) is 0. The first-order valence-electron chi connectivity index (χ1n) is 8.46. The van der Waals surface area contributed by atoms with E-state index in [4.69, 9.17) is 14.5 Å². The van der Waals surface area contributed by atoms with E-state index >= 15 is 0 Å². The van der Waals surface area contributed by atoms with E-state index in [9.17, 15) is 0 Å². The van der Waals surface area contributed by atoms with E-state index in [-0.39, 0.29) is 0 Å². The van der Waals surface area contributed by atoms with Gasteiger partial charge in [0.1, 0.15) is 11.5 Å². The van der Waals surface area contributed by atoms with Crippen LogP contribution < -0.4 is 14.8 Å². The number of ether oxygens (including phenoxy) is 2. The molecule has 0 aliphatic heterocycles. The molecule has 1 N–H and O–H groups in total. The van der Waals surface area contributed by atoms with Crippen LogP contribution in [0.25, 0.3) is 22.4 Å². The first-order valence-corrected chi connectivity index (χ1v) is 8.46. The Bertz CT molecular complexity index is 1080. The van der Waals surface area contributed by atoms with Crippen molar-refractivity contribution in [3.05, 3.63) is 66.9 Å². The van der Waals surface area contributed by atoms with Crippen molar-refractivity contribution in [1.82, 2.24) is 15.0 Å². The van der Waals surface area contributed by atoms with Crippen molar-refractivity contribution < 1.29 is 9.47 Å². The average molecular weight is 358 g/mol. The van der Waals surface area contributed by atoms with Gasteiger partial charge in [0.25, 0.3) is 0 Å². The van der Waals surface area contributed by atoms with Gasteiger partial charge in [0.2, 0.25) is 0 Å². The first-order chi connectivity index (χ1) is 13.3. The molecule has 6 nitrogen and oxygen atoms in total. The molecule has 0 aliphatic carbocycles. The molecule has 0 saturated heterocycles. The maximum Gasteiger partial charge on any atom is 0.180 e. The monoisotopic (exact) mass is 358 g/mol. The smallest absolute Gasteiger partial charge is 0.180 e. The highest BCUT2D eigenvalue weighted by Crippen LogP contribution is 2.32. The summed E-state index contributed by atoms with van der Waals surface area (Å²) in [7, 11) is 3.23. The minimum Gasteiger partial charge on any atom is -0.493 e. The maximum absolute atomic E-state index is 5.39. The zero-order valence-electron chi connectivity index (χ0n) is 15.0. The molecule has 0 unspecified atom stereocenters. The number of methoxy groups -OCH3 is 2. The molecular formula is C21H18N4O2. The van der Waals surface area contributed by atoms with Crippen LogP contribution in [0.2, 0.25) is 0 Å². The summed E-state index contributed by atoms with van der Waals surface area (Å²) in [5.74, 6) is 2.58. The third kappa shape index (κ3) is 3.37. The number of hydrogen-bond donors (Lipinski definition) is 1. The quantitative estimate of drug-likeness (QED) is 0.568. The number of nitrogens with one attached hydrogen (secondary N) is 1. The fourth-order valence-corrected chi connectivity index (χ4v) is 2.83. The van der Waals surface area contributed by atoms with Gasteiger partial charge in [0, 0.05) is 23.3 Å². The van der Waals surface area contributed by atoms with Gasteiger partial charge in [-0.25, -0.2) is 9.97 Å². The molecule has 2 aromatic heterocycles. The Hall–Kier alpha value is -3.67. The van der Waals surface area contributed by atoms with Gasteiger partial charge in [-0.05, 0) is 36.4 Å². The number of nitrogens with zero attached hydrogens (tertiary/aromatic N) is 3. The van der Waals surface area contributed by atoms with Crippen LogP contribution in [0.5, 0.6) is 11.5 Å². The zero-order valence-corrected chi connectivity index (χ0v) is 15.0. The largest absolute Gasteiger partial charge is 0.493 e. The molecule has 2 heterocycles. The van der Waals surface area contributed by atoms with E-state index in [1.165, 1.54) is 0 Å². The second kappa shape index (κ2) is 7.29. The van der Waals surface area contributed by atoms with Crippen LogP contribution in [0.4, 0.5) is 11.5 Å². The topological polar surface area (TPSA) is 69.2 Å². The van der Waals surface area contributed by atoms with Crippen LogP contribution in [0.3, 0.4) is 0 Å². The molecule has 0 atom stereocenters. The molecule has 2 aromatic carbocycles. The summed E-state index contributed by atoms with van der Waals surface area (Å²) in [4.78, 5) is 13.7. The normalized spacial score (nSPS) is 10.6. The molecule has 27 heavy (non-hydrogen) atoms. The lowest BCUT2D eigenvalue weighted by Gasteiger charge is -2.13. The molecule has 0 aliphatic rings. The van der Waals surface area contributed by atoms with Crippen LogP contribution in [-0.4, -0.2) is 29.2 Å². The molecule has 4 rings (SSSR count). The lowest BCUT2D eigenvalue weighted by molar-refractivity contribution is 0.355. The number of hydrogen-bond acceptors (Lipinski definition) is 6. The van der Waals surface area contributed by atoms with Gasteiger partial charge in [0.05, 0.1) is 19.7 Å².